The van der Waals surface area contributed by atoms with Crippen molar-refractivity contribution in [3.63, 3.8) is 0 Å². The van der Waals surface area contributed by atoms with Crippen LogP contribution in [0.2, 0.25) is 0 Å². The molecule has 2 amide bonds. The van der Waals surface area contributed by atoms with E-state index in [2.05, 4.69) is 15.4 Å². The van der Waals surface area contributed by atoms with E-state index in [0.717, 1.165) is 22.0 Å². The highest BCUT2D eigenvalue weighted by Gasteiger charge is 2.28. The molecule has 8 heteroatoms. The number of Topliss-reactive ketones (excluding diaryl/α,β-unsaturated/α-hetero) is 1. The number of nitrogens with two attached hydrogens (primary N) is 1. The van der Waals surface area contributed by atoms with E-state index in [1.54, 1.807) is 19.4 Å². The summed E-state index contributed by atoms with van der Waals surface area (Å²) in [6.07, 6.45) is 3.46. The first-order valence-electron chi connectivity index (χ1n) is 9.72. The van der Waals surface area contributed by atoms with Crippen molar-refractivity contribution in [1.82, 2.24) is 20.1 Å². The van der Waals surface area contributed by atoms with Crippen LogP contribution in [0.5, 0.6) is 0 Å². The van der Waals surface area contributed by atoms with Crippen molar-refractivity contribution in [3.05, 3.63) is 78.1 Å². The lowest BCUT2D eigenvalue weighted by Gasteiger charge is -2.16. The molecular weight excluding hydrogens is 394 g/mol. The third-order valence-corrected chi connectivity index (χ3v) is 5.08. The topological polar surface area (TPSA) is 123 Å². The fourth-order valence-corrected chi connectivity index (χ4v) is 3.60. The van der Waals surface area contributed by atoms with Crippen molar-refractivity contribution < 1.29 is 14.4 Å². The lowest BCUT2D eigenvalue weighted by molar-refractivity contribution is -0.137. The smallest absolute Gasteiger partial charge is 0.287 e. The molecule has 2 heterocycles. The van der Waals surface area contributed by atoms with E-state index in [1.807, 2.05) is 54.6 Å². The Labute approximate surface area is 178 Å². The predicted molar refractivity (Wildman–Crippen MR) is 116 cm³/mol. The minimum atomic E-state index is -1.10. The summed E-state index contributed by atoms with van der Waals surface area (Å²) in [5.74, 6) is -2.46. The molecule has 0 bridgehead atoms. The Kier molecular flexibility index (Phi) is 5.36. The largest absolute Gasteiger partial charge is 0.363 e. The number of amides is 2. The van der Waals surface area contributed by atoms with Crippen LogP contribution < -0.4 is 11.1 Å². The molecule has 4 aromatic rings. The van der Waals surface area contributed by atoms with Gasteiger partial charge in [0.15, 0.2) is 0 Å². The highest BCUT2D eigenvalue weighted by Crippen LogP contribution is 2.23. The van der Waals surface area contributed by atoms with Crippen LogP contribution in [0.3, 0.4) is 0 Å². The van der Waals surface area contributed by atoms with Gasteiger partial charge < -0.3 is 16.0 Å². The number of carbonyl (C=O) groups is 3. The van der Waals surface area contributed by atoms with Crippen LogP contribution in [-0.4, -0.2) is 38.4 Å². The molecule has 4 rings (SSSR count). The quantitative estimate of drug-likeness (QED) is 0.399. The fourth-order valence-electron chi connectivity index (χ4n) is 3.60. The maximum Gasteiger partial charge on any atom is 0.287 e. The summed E-state index contributed by atoms with van der Waals surface area (Å²) in [4.78, 5) is 40.4. The molecule has 0 fully saturated rings. The molecule has 0 aliphatic heterocycles. The first-order valence-corrected chi connectivity index (χ1v) is 9.72. The molecule has 1 unspecified atom stereocenters. The Hall–Kier alpha value is -4.20. The van der Waals surface area contributed by atoms with E-state index < -0.39 is 23.6 Å². The number of fused-ring (bicyclic) bond motifs is 1. The molecule has 0 aliphatic carbocycles. The van der Waals surface area contributed by atoms with Crippen molar-refractivity contribution in [2.75, 3.05) is 0 Å². The van der Waals surface area contributed by atoms with Gasteiger partial charge in [0, 0.05) is 42.3 Å². The first-order chi connectivity index (χ1) is 14.9. The van der Waals surface area contributed by atoms with Crippen molar-refractivity contribution in [3.8, 4) is 11.3 Å². The van der Waals surface area contributed by atoms with Crippen LogP contribution in [0.1, 0.15) is 15.9 Å². The van der Waals surface area contributed by atoms with E-state index in [4.69, 9.17) is 5.73 Å². The van der Waals surface area contributed by atoms with Gasteiger partial charge in [-0.3, -0.25) is 19.1 Å². The molecule has 31 heavy (non-hydrogen) atoms. The number of nitrogens with zero attached hydrogens (tertiary/aromatic N) is 2. The van der Waals surface area contributed by atoms with Gasteiger partial charge in [0.1, 0.15) is 11.7 Å². The number of ketones is 1. The molecule has 156 valence electrons. The molecule has 0 saturated heterocycles. The zero-order chi connectivity index (χ0) is 22.0. The summed E-state index contributed by atoms with van der Waals surface area (Å²) in [5, 5.41) is 7.97. The number of primary amides is 1. The molecule has 2 aromatic carbocycles. The SMILES string of the molecule is Cn1cc(C(=O)NC(Cc2c[nH]c3ccccc23)C(=O)C(N)=O)c(-c2ccccc2)n1. The van der Waals surface area contributed by atoms with Crippen LogP contribution in [0.15, 0.2) is 67.0 Å². The van der Waals surface area contributed by atoms with Crippen LogP contribution in [0, 0.1) is 0 Å². The number of carbonyl (C=O) groups excluding carboxylic acids is 3. The second-order valence-corrected chi connectivity index (χ2v) is 7.25. The van der Waals surface area contributed by atoms with Gasteiger partial charge in [-0.15, -0.1) is 0 Å². The van der Waals surface area contributed by atoms with Crippen molar-refractivity contribution >= 4 is 28.5 Å². The number of benzene rings is 2. The number of aromatic nitrogens is 3. The van der Waals surface area contributed by atoms with Gasteiger partial charge in [0.2, 0.25) is 5.78 Å². The third kappa shape index (κ3) is 4.09. The van der Waals surface area contributed by atoms with Gasteiger partial charge in [-0.2, -0.15) is 5.10 Å². The number of aryl methyl sites for hydroxylation is 1. The van der Waals surface area contributed by atoms with Crippen LogP contribution in [0.4, 0.5) is 0 Å². The molecule has 1 atom stereocenters. The second-order valence-electron chi connectivity index (χ2n) is 7.25. The summed E-state index contributed by atoms with van der Waals surface area (Å²) in [6.45, 7) is 0. The Morgan fingerprint density at radius 1 is 1.10 bits per heavy atom. The average molecular weight is 415 g/mol. The van der Waals surface area contributed by atoms with Crippen molar-refractivity contribution in [1.29, 1.82) is 0 Å². The minimum absolute atomic E-state index is 0.123. The average Bonchev–Trinajstić information content (AvgIpc) is 3.37. The van der Waals surface area contributed by atoms with E-state index in [-0.39, 0.29) is 6.42 Å². The lowest BCUT2D eigenvalue weighted by Crippen LogP contribution is -2.47. The maximum atomic E-state index is 13.1. The summed E-state index contributed by atoms with van der Waals surface area (Å²) in [5.41, 5.74) is 8.50. The fraction of sp³-hybridized carbons (Fsp3) is 0.130. The van der Waals surface area contributed by atoms with Crippen molar-refractivity contribution in [2.45, 2.75) is 12.5 Å². The molecule has 0 spiro atoms. The standard InChI is InChI=1S/C23H21N5O3/c1-28-13-17(20(27-28)14-7-3-2-4-8-14)23(31)26-19(21(29)22(24)30)11-15-12-25-18-10-6-5-9-16(15)18/h2-10,12-13,19,25H,11H2,1H3,(H2,24,30)(H,26,31). The number of aromatic amines is 1. The summed E-state index contributed by atoms with van der Waals surface area (Å²) in [6, 6.07) is 15.7. The number of nitrogens with one attached hydrogen (secondary N) is 2. The van der Waals surface area contributed by atoms with Crippen LogP contribution >= 0.6 is 0 Å². The summed E-state index contributed by atoms with van der Waals surface area (Å²) < 4.78 is 1.53. The highest BCUT2D eigenvalue weighted by molar-refractivity contribution is 6.38. The number of hydrogen-bond acceptors (Lipinski definition) is 4. The van der Waals surface area contributed by atoms with Gasteiger partial charge in [0.05, 0.1) is 5.56 Å². The summed E-state index contributed by atoms with van der Waals surface area (Å²) >= 11 is 0. The van der Waals surface area contributed by atoms with E-state index in [9.17, 15) is 14.4 Å². The van der Waals surface area contributed by atoms with Gasteiger partial charge in [-0.05, 0) is 11.6 Å². The number of para-hydroxylation sites is 1. The molecule has 8 nitrogen and oxygen atoms in total. The Balaban J connectivity index is 1.64. The van der Waals surface area contributed by atoms with E-state index >= 15 is 0 Å². The molecule has 0 aliphatic rings. The number of rotatable bonds is 7. The van der Waals surface area contributed by atoms with Gasteiger partial charge in [0.25, 0.3) is 11.8 Å². The second kappa shape index (κ2) is 8.27. The number of H-pyrrole nitrogens is 1. The summed E-state index contributed by atoms with van der Waals surface area (Å²) in [7, 11) is 1.71. The third-order valence-electron chi connectivity index (χ3n) is 5.08. The van der Waals surface area contributed by atoms with E-state index in [0.29, 0.717) is 11.3 Å². The van der Waals surface area contributed by atoms with E-state index in [1.165, 1.54) is 4.68 Å². The van der Waals surface area contributed by atoms with Gasteiger partial charge in [-0.25, -0.2) is 0 Å². The van der Waals surface area contributed by atoms with Crippen molar-refractivity contribution in [2.24, 2.45) is 12.8 Å². The molecule has 0 saturated carbocycles. The molecule has 0 radical (unpaired) electrons. The van der Waals surface area contributed by atoms with Crippen LogP contribution in [-0.2, 0) is 23.1 Å². The monoisotopic (exact) mass is 415 g/mol. The normalized spacial score (nSPS) is 11.9. The van der Waals surface area contributed by atoms with Crippen LogP contribution in [0.25, 0.3) is 22.2 Å². The lowest BCUT2D eigenvalue weighted by atomic mass is 10.0. The minimum Gasteiger partial charge on any atom is -0.363 e. The Bertz CT molecular complexity index is 1270. The number of hydrogen-bond donors (Lipinski definition) is 3. The Morgan fingerprint density at radius 2 is 1.81 bits per heavy atom. The molecule has 2 aromatic heterocycles. The zero-order valence-electron chi connectivity index (χ0n) is 16.8. The van der Waals surface area contributed by atoms with Gasteiger partial charge >= 0.3 is 0 Å². The molecule has 4 N–H and O–H groups in total. The molecular formula is C23H21N5O3. The predicted octanol–water partition coefficient (Wildman–Crippen LogP) is 1.96. The first kappa shape index (κ1) is 20.1. The van der Waals surface area contributed by atoms with Gasteiger partial charge in [-0.1, -0.05) is 48.5 Å². The Morgan fingerprint density at radius 3 is 2.55 bits per heavy atom. The highest BCUT2D eigenvalue weighted by atomic mass is 16.2. The maximum absolute atomic E-state index is 13.1. The zero-order valence-corrected chi connectivity index (χ0v) is 16.8.